The molecule has 206 valence electrons. The summed E-state index contributed by atoms with van der Waals surface area (Å²) in [6.45, 7) is 9.10. The first-order chi connectivity index (χ1) is 17.5. The molecule has 8 nitrogen and oxygen atoms in total. The molecule has 38 heavy (non-hydrogen) atoms. The minimum absolute atomic E-state index is 0.0842. The van der Waals surface area contributed by atoms with Gasteiger partial charge in [0.1, 0.15) is 22.8 Å². The minimum Gasteiger partial charge on any atom is -0.508 e. The van der Waals surface area contributed by atoms with Gasteiger partial charge in [-0.05, 0) is 67.6 Å². The molecule has 1 saturated carbocycles. The van der Waals surface area contributed by atoms with Crippen molar-refractivity contribution in [1.82, 2.24) is 0 Å². The fourth-order valence-corrected chi connectivity index (χ4v) is 6.54. The zero-order valence-electron chi connectivity index (χ0n) is 23.3. The van der Waals surface area contributed by atoms with E-state index in [1.165, 1.54) is 0 Å². The van der Waals surface area contributed by atoms with Gasteiger partial charge in [-0.2, -0.15) is 0 Å². The minimum atomic E-state index is -2.50. The summed E-state index contributed by atoms with van der Waals surface area (Å²) in [7, 11) is 3.75. The molecule has 0 aliphatic heterocycles. The Balaban J connectivity index is 1.89. The van der Waals surface area contributed by atoms with E-state index >= 15 is 0 Å². The molecule has 4 rings (SSSR count). The second kappa shape index (κ2) is 9.26. The van der Waals surface area contributed by atoms with Gasteiger partial charge in [0, 0.05) is 37.2 Å². The highest BCUT2D eigenvalue weighted by molar-refractivity contribution is 6.23. The van der Waals surface area contributed by atoms with E-state index in [4.69, 9.17) is 0 Å². The molecule has 2 unspecified atom stereocenters. The van der Waals surface area contributed by atoms with Gasteiger partial charge in [-0.25, -0.2) is 0 Å². The van der Waals surface area contributed by atoms with Crippen LogP contribution in [0.1, 0.15) is 70.6 Å². The van der Waals surface area contributed by atoms with Gasteiger partial charge in [-0.1, -0.05) is 27.7 Å². The van der Waals surface area contributed by atoms with Gasteiger partial charge in [-0.3, -0.25) is 14.4 Å². The summed E-state index contributed by atoms with van der Waals surface area (Å²) in [4.78, 5) is 40.9. The Morgan fingerprint density at radius 1 is 1.16 bits per heavy atom. The molecular formula is C30H39NO7. The van der Waals surface area contributed by atoms with E-state index in [1.54, 1.807) is 6.92 Å². The predicted octanol–water partition coefficient (Wildman–Crippen LogP) is 4.21. The number of allylic oxidation sites excluding steroid dienone is 1. The lowest BCUT2D eigenvalue weighted by molar-refractivity contribution is -0.152. The van der Waals surface area contributed by atoms with Crippen molar-refractivity contribution in [3.8, 4) is 5.75 Å². The molecule has 0 saturated heterocycles. The summed E-state index contributed by atoms with van der Waals surface area (Å²) in [5, 5.41) is 45.4. The average Bonchev–Trinajstić information content (AvgIpc) is 2.79. The molecule has 0 spiro atoms. The van der Waals surface area contributed by atoms with Crippen LogP contribution in [0, 0.1) is 23.2 Å². The van der Waals surface area contributed by atoms with Crippen LogP contribution >= 0.6 is 0 Å². The van der Waals surface area contributed by atoms with E-state index < -0.39 is 57.8 Å². The number of aryl methyl sites for hydroxylation is 1. The number of benzene rings is 1. The number of Topliss-reactive ketones (excluding diaryl/α,β-unsaturated/α-hetero) is 3. The SMILES string of the molecule is CC(=O)C1=C(O)[C@@]2(O)C(=O)C3=C(O)c4c(O)c(CCCC(C)(C)C)cc(N(C)C)c4CC3CC2[C@H](C)C1=O. The van der Waals surface area contributed by atoms with Crippen LogP contribution < -0.4 is 4.90 Å². The molecule has 0 aromatic heterocycles. The number of hydrogen-bond donors (Lipinski definition) is 4. The smallest absolute Gasteiger partial charge is 0.202 e. The van der Waals surface area contributed by atoms with Crippen molar-refractivity contribution in [1.29, 1.82) is 0 Å². The highest BCUT2D eigenvalue weighted by Crippen LogP contribution is 2.54. The highest BCUT2D eigenvalue weighted by atomic mass is 16.3. The quantitative estimate of drug-likeness (QED) is 0.420. The molecule has 1 aromatic carbocycles. The third-order valence-corrected chi connectivity index (χ3v) is 8.55. The molecule has 3 aliphatic rings. The highest BCUT2D eigenvalue weighted by Gasteiger charge is 2.62. The number of rotatable bonds is 5. The molecule has 4 atom stereocenters. The molecule has 0 bridgehead atoms. The third-order valence-electron chi connectivity index (χ3n) is 8.55. The van der Waals surface area contributed by atoms with Gasteiger partial charge in [0.15, 0.2) is 17.2 Å². The van der Waals surface area contributed by atoms with E-state index in [-0.39, 0.29) is 28.7 Å². The van der Waals surface area contributed by atoms with Crippen LogP contribution in [0.4, 0.5) is 5.69 Å². The summed E-state index contributed by atoms with van der Waals surface area (Å²) < 4.78 is 0. The van der Waals surface area contributed by atoms with E-state index in [9.17, 15) is 34.8 Å². The van der Waals surface area contributed by atoms with E-state index in [0.717, 1.165) is 25.5 Å². The lowest BCUT2D eigenvalue weighted by Crippen LogP contribution is -2.60. The molecular weight excluding hydrogens is 486 g/mol. The number of aromatic hydroxyl groups is 1. The Kier molecular flexibility index (Phi) is 6.80. The largest absolute Gasteiger partial charge is 0.508 e. The molecule has 0 amide bonds. The third kappa shape index (κ3) is 4.13. The average molecular weight is 526 g/mol. The predicted molar refractivity (Wildman–Crippen MR) is 144 cm³/mol. The van der Waals surface area contributed by atoms with Gasteiger partial charge in [0.2, 0.25) is 5.78 Å². The molecule has 0 heterocycles. The summed E-state index contributed by atoms with van der Waals surface area (Å²) in [6, 6.07) is 1.93. The zero-order chi connectivity index (χ0) is 28.5. The van der Waals surface area contributed by atoms with Gasteiger partial charge in [-0.15, -0.1) is 0 Å². The number of aliphatic hydroxyl groups is 3. The van der Waals surface area contributed by atoms with Gasteiger partial charge < -0.3 is 25.3 Å². The maximum Gasteiger partial charge on any atom is 0.202 e. The topological polar surface area (TPSA) is 135 Å². The first-order valence-electron chi connectivity index (χ1n) is 13.3. The molecule has 8 heteroatoms. The standard InChI is InChI=1S/C30H39NO7/c1-14-19-12-17-11-18-20(31(6)7)13-16(9-8-10-29(3,4)5)25(34)23(18)26(35)22(17)28(37)30(19,38)27(36)21(15(2)32)24(14)33/h13-14,17,19,34-36,38H,8-12H2,1-7H3/t14-,17?,19?,30+/m0/s1. The van der Waals surface area contributed by atoms with Crippen molar-refractivity contribution < 1.29 is 34.8 Å². The van der Waals surface area contributed by atoms with E-state index in [0.29, 0.717) is 24.0 Å². The van der Waals surface area contributed by atoms with Gasteiger partial charge in [0.05, 0.1) is 5.56 Å². The number of carbonyl (C=O) groups is 3. The first kappa shape index (κ1) is 27.9. The van der Waals surface area contributed by atoms with Crippen molar-refractivity contribution in [2.45, 2.75) is 72.3 Å². The number of fused-ring (bicyclic) bond motifs is 3. The Hall–Kier alpha value is -3.13. The normalized spacial score (nSPS) is 27.2. The fourth-order valence-electron chi connectivity index (χ4n) is 6.54. The molecule has 1 aromatic rings. The number of phenols is 1. The molecule has 0 radical (unpaired) electrons. The number of phenolic OH excluding ortho intramolecular Hbond substituents is 1. The Labute approximate surface area is 223 Å². The number of ketones is 3. The summed E-state index contributed by atoms with van der Waals surface area (Å²) in [6.07, 6.45) is 2.78. The number of aliphatic hydroxyl groups excluding tert-OH is 2. The molecule has 1 fully saturated rings. The van der Waals surface area contributed by atoms with Gasteiger partial charge >= 0.3 is 0 Å². The number of anilines is 1. The Morgan fingerprint density at radius 3 is 2.34 bits per heavy atom. The number of carbonyl (C=O) groups excluding carboxylic acids is 3. The van der Waals surface area contributed by atoms with Gasteiger partial charge in [0.25, 0.3) is 0 Å². The van der Waals surface area contributed by atoms with Crippen molar-refractivity contribution in [3.63, 3.8) is 0 Å². The van der Waals surface area contributed by atoms with Crippen LogP contribution in [0.15, 0.2) is 23.0 Å². The van der Waals surface area contributed by atoms with E-state index in [1.807, 2.05) is 25.1 Å². The second-order valence-corrected chi connectivity index (χ2v) is 12.6. The van der Waals surface area contributed by atoms with Crippen LogP contribution in [-0.4, -0.2) is 57.5 Å². The van der Waals surface area contributed by atoms with Crippen LogP contribution in [0.5, 0.6) is 5.75 Å². The van der Waals surface area contributed by atoms with Crippen molar-refractivity contribution in [3.05, 3.63) is 39.7 Å². The fraction of sp³-hybridized carbons (Fsp3) is 0.567. The molecule has 4 N–H and O–H groups in total. The zero-order valence-corrected chi connectivity index (χ0v) is 23.3. The van der Waals surface area contributed by atoms with Crippen molar-refractivity contribution in [2.24, 2.45) is 23.2 Å². The first-order valence-corrected chi connectivity index (χ1v) is 13.3. The summed E-state index contributed by atoms with van der Waals surface area (Å²) in [5.74, 6) is -6.10. The number of nitrogens with zero attached hydrogens (tertiary/aromatic N) is 1. The van der Waals surface area contributed by atoms with Crippen molar-refractivity contribution in [2.75, 3.05) is 19.0 Å². The Bertz CT molecular complexity index is 1300. The lowest BCUT2D eigenvalue weighted by atomic mass is 9.56. The second-order valence-electron chi connectivity index (χ2n) is 12.6. The number of hydrogen-bond acceptors (Lipinski definition) is 8. The lowest BCUT2D eigenvalue weighted by Gasteiger charge is -2.48. The maximum absolute atomic E-state index is 13.9. The summed E-state index contributed by atoms with van der Waals surface area (Å²) in [5.41, 5.74) is -0.710. The van der Waals surface area contributed by atoms with Crippen LogP contribution in [0.25, 0.3) is 5.76 Å². The van der Waals surface area contributed by atoms with Crippen LogP contribution in [0.3, 0.4) is 0 Å². The Morgan fingerprint density at radius 2 is 1.79 bits per heavy atom. The summed E-state index contributed by atoms with van der Waals surface area (Å²) >= 11 is 0. The van der Waals surface area contributed by atoms with Crippen molar-refractivity contribution >= 4 is 28.8 Å². The van der Waals surface area contributed by atoms with E-state index in [2.05, 4.69) is 20.8 Å². The van der Waals surface area contributed by atoms with Crippen LogP contribution in [0.2, 0.25) is 0 Å². The maximum atomic E-state index is 13.9. The molecule has 3 aliphatic carbocycles. The van der Waals surface area contributed by atoms with Crippen LogP contribution in [-0.2, 0) is 27.2 Å². The monoisotopic (exact) mass is 525 g/mol.